The van der Waals surface area contributed by atoms with Crippen LogP contribution in [0.15, 0.2) is 18.5 Å². The van der Waals surface area contributed by atoms with Crippen molar-refractivity contribution in [2.24, 2.45) is 0 Å². The summed E-state index contributed by atoms with van der Waals surface area (Å²) >= 11 is 0. The van der Waals surface area contributed by atoms with E-state index < -0.39 is 4.92 Å². The molecular formula is C11H18N4O2. The van der Waals surface area contributed by atoms with E-state index in [-0.39, 0.29) is 5.69 Å². The molecule has 0 aliphatic carbocycles. The second-order valence-corrected chi connectivity index (χ2v) is 4.15. The molecule has 6 nitrogen and oxygen atoms in total. The highest BCUT2D eigenvalue weighted by Crippen LogP contribution is 2.21. The summed E-state index contributed by atoms with van der Waals surface area (Å²) in [5.74, 6) is 0. The number of pyridine rings is 1. The van der Waals surface area contributed by atoms with Crippen LogP contribution in [0.2, 0.25) is 0 Å². The lowest BCUT2D eigenvalue weighted by Gasteiger charge is -2.21. The van der Waals surface area contributed by atoms with Crippen LogP contribution in [0, 0.1) is 10.1 Å². The Morgan fingerprint density at radius 3 is 2.88 bits per heavy atom. The molecule has 0 unspecified atom stereocenters. The highest BCUT2D eigenvalue weighted by atomic mass is 16.6. The maximum atomic E-state index is 10.7. The third kappa shape index (κ3) is 3.99. The second kappa shape index (κ2) is 6.15. The third-order valence-corrected chi connectivity index (χ3v) is 2.66. The molecular weight excluding hydrogens is 220 g/mol. The van der Waals surface area contributed by atoms with Crippen molar-refractivity contribution in [2.45, 2.75) is 19.9 Å². The van der Waals surface area contributed by atoms with Crippen LogP contribution in [0.3, 0.4) is 0 Å². The molecule has 6 heteroatoms. The fraction of sp³-hybridized carbons (Fsp3) is 0.545. The van der Waals surface area contributed by atoms with E-state index in [2.05, 4.69) is 29.0 Å². The molecule has 0 aromatic carbocycles. The van der Waals surface area contributed by atoms with Gasteiger partial charge in [-0.1, -0.05) is 0 Å². The van der Waals surface area contributed by atoms with Crippen molar-refractivity contribution in [1.82, 2.24) is 9.88 Å². The van der Waals surface area contributed by atoms with Gasteiger partial charge in [-0.15, -0.1) is 0 Å². The van der Waals surface area contributed by atoms with E-state index in [1.807, 2.05) is 7.05 Å². The normalized spacial score (nSPS) is 10.9. The average Bonchev–Trinajstić information content (AvgIpc) is 2.29. The van der Waals surface area contributed by atoms with Crippen LogP contribution in [0.1, 0.15) is 13.8 Å². The zero-order chi connectivity index (χ0) is 12.8. The predicted octanol–water partition coefficient (Wildman–Crippen LogP) is 1.74. The minimum absolute atomic E-state index is 0.0136. The van der Waals surface area contributed by atoms with Crippen molar-refractivity contribution in [2.75, 3.05) is 25.5 Å². The van der Waals surface area contributed by atoms with E-state index in [4.69, 9.17) is 0 Å². The number of nitro groups is 1. The number of anilines is 1. The van der Waals surface area contributed by atoms with Crippen LogP contribution in [0.5, 0.6) is 0 Å². The molecule has 0 saturated carbocycles. The molecule has 1 aromatic heterocycles. The number of nitrogens with one attached hydrogen (secondary N) is 1. The first-order chi connectivity index (χ1) is 8.02. The van der Waals surface area contributed by atoms with Crippen molar-refractivity contribution < 1.29 is 4.92 Å². The van der Waals surface area contributed by atoms with Crippen LogP contribution >= 0.6 is 0 Å². The Balaban J connectivity index is 2.55. The summed E-state index contributed by atoms with van der Waals surface area (Å²) in [6.45, 7) is 5.71. The molecule has 0 amide bonds. The summed E-state index contributed by atoms with van der Waals surface area (Å²) in [5.41, 5.74) is 0.529. The van der Waals surface area contributed by atoms with Crippen LogP contribution in [0.25, 0.3) is 0 Å². The van der Waals surface area contributed by atoms with Gasteiger partial charge in [0.05, 0.1) is 4.92 Å². The van der Waals surface area contributed by atoms with Gasteiger partial charge in [0.15, 0.2) is 0 Å². The van der Waals surface area contributed by atoms with E-state index in [0.717, 1.165) is 6.54 Å². The second-order valence-electron chi connectivity index (χ2n) is 4.15. The van der Waals surface area contributed by atoms with Gasteiger partial charge in [0.2, 0.25) is 0 Å². The van der Waals surface area contributed by atoms with Crippen LogP contribution in [0.4, 0.5) is 11.4 Å². The van der Waals surface area contributed by atoms with E-state index in [1.54, 1.807) is 12.3 Å². The smallest absolute Gasteiger partial charge is 0.310 e. The SMILES string of the molecule is CC(C)N(C)CCNc1ccncc1[N+](=O)[O-]. The Hall–Kier alpha value is -1.69. The summed E-state index contributed by atoms with van der Waals surface area (Å²) in [6.07, 6.45) is 2.80. The van der Waals surface area contributed by atoms with Crippen molar-refractivity contribution >= 4 is 11.4 Å². The molecule has 0 aliphatic rings. The molecule has 94 valence electrons. The molecule has 0 radical (unpaired) electrons. The van der Waals surface area contributed by atoms with Gasteiger partial charge < -0.3 is 10.2 Å². The summed E-state index contributed by atoms with van der Waals surface area (Å²) in [7, 11) is 2.02. The molecule has 1 aromatic rings. The number of likely N-dealkylation sites (N-methyl/N-ethyl adjacent to an activating group) is 1. The van der Waals surface area contributed by atoms with E-state index >= 15 is 0 Å². The molecule has 1 rings (SSSR count). The van der Waals surface area contributed by atoms with Crippen LogP contribution in [-0.4, -0.2) is 41.0 Å². The van der Waals surface area contributed by atoms with Crippen LogP contribution in [-0.2, 0) is 0 Å². The summed E-state index contributed by atoms with van der Waals surface area (Å²) < 4.78 is 0. The van der Waals surface area contributed by atoms with Gasteiger partial charge in [0, 0.05) is 25.3 Å². The Morgan fingerprint density at radius 2 is 2.29 bits per heavy atom. The maximum absolute atomic E-state index is 10.7. The van der Waals surface area contributed by atoms with E-state index in [0.29, 0.717) is 18.3 Å². The van der Waals surface area contributed by atoms with Gasteiger partial charge in [0.1, 0.15) is 11.9 Å². The number of rotatable bonds is 6. The Labute approximate surface area is 101 Å². The lowest BCUT2D eigenvalue weighted by atomic mass is 10.3. The molecule has 0 fully saturated rings. The quantitative estimate of drug-likeness (QED) is 0.603. The summed E-state index contributed by atoms with van der Waals surface area (Å²) in [4.78, 5) is 16.2. The first-order valence-corrected chi connectivity index (χ1v) is 5.55. The minimum Gasteiger partial charge on any atom is -0.378 e. The fourth-order valence-electron chi connectivity index (χ4n) is 1.31. The van der Waals surface area contributed by atoms with Crippen molar-refractivity contribution in [3.63, 3.8) is 0 Å². The molecule has 17 heavy (non-hydrogen) atoms. The van der Waals surface area contributed by atoms with E-state index in [1.165, 1.54) is 6.20 Å². The van der Waals surface area contributed by atoms with Crippen molar-refractivity contribution in [3.8, 4) is 0 Å². The highest BCUT2D eigenvalue weighted by molar-refractivity contribution is 5.59. The summed E-state index contributed by atoms with van der Waals surface area (Å²) in [6, 6.07) is 2.08. The van der Waals surface area contributed by atoms with Gasteiger partial charge in [-0.2, -0.15) is 0 Å². The average molecular weight is 238 g/mol. The molecule has 0 spiro atoms. The molecule has 0 saturated heterocycles. The molecule has 1 heterocycles. The van der Waals surface area contributed by atoms with Gasteiger partial charge >= 0.3 is 5.69 Å². The largest absolute Gasteiger partial charge is 0.378 e. The standard InChI is InChI=1S/C11H18N4O2/c1-9(2)14(3)7-6-13-10-4-5-12-8-11(10)15(16)17/h4-5,8-9H,6-7H2,1-3H3,(H,12,13). The fourth-order valence-corrected chi connectivity index (χ4v) is 1.31. The Bertz CT molecular complexity index is 381. The molecule has 0 atom stereocenters. The number of nitrogens with zero attached hydrogens (tertiary/aromatic N) is 3. The topological polar surface area (TPSA) is 71.3 Å². The first kappa shape index (κ1) is 13.4. The van der Waals surface area contributed by atoms with Crippen molar-refractivity contribution in [1.29, 1.82) is 0 Å². The lowest BCUT2D eigenvalue weighted by Crippen LogP contribution is -2.31. The number of aromatic nitrogens is 1. The van der Waals surface area contributed by atoms with Gasteiger partial charge in [-0.3, -0.25) is 15.1 Å². The summed E-state index contributed by atoms with van der Waals surface area (Å²) in [5, 5.41) is 13.8. The Kier molecular flexibility index (Phi) is 4.84. The van der Waals surface area contributed by atoms with E-state index in [9.17, 15) is 10.1 Å². The van der Waals surface area contributed by atoms with Gasteiger partial charge in [-0.05, 0) is 27.0 Å². The van der Waals surface area contributed by atoms with Gasteiger partial charge in [-0.25, -0.2) is 0 Å². The monoisotopic (exact) mass is 238 g/mol. The molecule has 0 bridgehead atoms. The first-order valence-electron chi connectivity index (χ1n) is 5.55. The molecule has 1 N–H and O–H groups in total. The zero-order valence-electron chi connectivity index (χ0n) is 10.4. The lowest BCUT2D eigenvalue weighted by molar-refractivity contribution is -0.384. The number of hydrogen-bond acceptors (Lipinski definition) is 5. The van der Waals surface area contributed by atoms with Crippen LogP contribution < -0.4 is 5.32 Å². The molecule has 0 aliphatic heterocycles. The highest BCUT2D eigenvalue weighted by Gasteiger charge is 2.12. The van der Waals surface area contributed by atoms with Crippen molar-refractivity contribution in [3.05, 3.63) is 28.6 Å². The predicted molar refractivity (Wildman–Crippen MR) is 67.1 cm³/mol. The third-order valence-electron chi connectivity index (χ3n) is 2.66. The minimum atomic E-state index is -0.429. The Morgan fingerprint density at radius 1 is 1.59 bits per heavy atom. The van der Waals surface area contributed by atoms with Gasteiger partial charge in [0.25, 0.3) is 0 Å². The zero-order valence-corrected chi connectivity index (χ0v) is 10.4. The number of hydrogen-bond donors (Lipinski definition) is 1. The maximum Gasteiger partial charge on any atom is 0.310 e.